The number of rotatable bonds is 8. The maximum atomic E-state index is 12.9. The van der Waals surface area contributed by atoms with E-state index >= 15 is 0 Å². The molecular formula is C21H24N2O5S. The van der Waals surface area contributed by atoms with Crippen molar-refractivity contribution in [2.75, 3.05) is 18.0 Å². The second kappa shape index (κ2) is 8.65. The van der Waals surface area contributed by atoms with Crippen molar-refractivity contribution in [1.29, 1.82) is 0 Å². The first kappa shape index (κ1) is 20.9. The summed E-state index contributed by atoms with van der Waals surface area (Å²) in [5, 5.41) is 2.80. The van der Waals surface area contributed by atoms with E-state index in [1.54, 1.807) is 30.3 Å². The largest absolute Gasteiger partial charge is 0.452 e. The maximum absolute atomic E-state index is 12.9. The standard InChI is InChI=1S/C21H24N2O5S/c1-15(16-11-12-16)22-20(24)14-28-21(25)17-7-6-10-19(13-17)29(26,27)23(2)18-8-4-3-5-9-18/h3-10,13,15-16H,11-12,14H2,1-2H3,(H,22,24)/t15-/m0/s1. The number of ether oxygens (including phenoxy) is 1. The van der Waals surface area contributed by atoms with Gasteiger partial charge in [-0.3, -0.25) is 9.10 Å². The van der Waals surface area contributed by atoms with Crippen molar-refractivity contribution >= 4 is 27.6 Å². The van der Waals surface area contributed by atoms with E-state index in [4.69, 9.17) is 4.74 Å². The van der Waals surface area contributed by atoms with E-state index in [0.717, 1.165) is 17.1 Å². The van der Waals surface area contributed by atoms with Gasteiger partial charge in [0.25, 0.3) is 15.9 Å². The topological polar surface area (TPSA) is 92.8 Å². The summed E-state index contributed by atoms with van der Waals surface area (Å²) in [7, 11) is -2.41. The lowest BCUT2D eigenvalue weighted by Crippen LogP contribution is -2.37. The van der Waals surface area contributed by atoms with Crippen molar-refractivity contribution < 1.29 is 22.7 Å². The quantitative estimate of drug-likeness (QED) is 0.668. The van der Waals surface area contributed by atoms with Crippen molar-refractivity contribution in [3.8, 4) is 0 Å². The number of para-hydroxylation sites is 1. The van der Waals surface area contributed by atoms with Gasteiger partial charge in [0.15, 0.2) is 6.61 Å². The van der Waals surface area contributed by atoms with Gasteiger partial charge < -0.3 is 10.1 Å². The van der Waals surface area contributed by atoms with Crippen molar-refractivity contribution in [1.82, 2.24) is 5.32 Å². The van der Waals surface area contributed by atoms with Crippen LogP contribution in [0.2, 0.25) is 0 Å². The van der Waals surface area contributed by atoms with Gasteiger partial charge in [0.1, 0.15) is 0 Å². The van der Waals surface area contributed by atoms with Gasteiger partial charge in [0.2, 0.25) is 0 Å². The van der Waals surface area contributed by atoms with E-state index in [2.05, 4.69) is 5.32 Å². The number of carbonyl (C=O) groups is 2. The zero-order valence-corrected chi connectivity index (χ0v) is 17.2. The number of anilines is 1. The smallest absolute Gasteiger partial charge is 0.338 e. The highest BCUT2D eigenvalue weighted by molar-refractivity contribution is 7.92. The zero-order valence-electron chi connectivity index (χ0n) is 16.4. The molecule has 2 aromatic carbocycles. The third kappa shape index (κ3) is 5.14. The molecule has 0 unspecified atom stereocenters. The van der Waals surface area contributed by atoms with E-state index in [9.17, 15) is 18.0 Å². The van der Waals surface area contributed by atoms with Crippen LogP contribution >= 0.6 is 0 Å². The molecule has 154 valence electrons. The van der Waals surface area contributed by atoms with Crippen LogP contribution in [0.15, 0.2) is 59.5 Å². The van der Waals surface area contributed by atoms with E-state index < -0.39 is 22.6 Å². The first-order valence-electron chi connectivity index (χ1n) is 9.39. The summed E-state index contributed by atoms with van der Waals surface area (Å²) in [4.78, 5) is 24.2. The van der Waals surface area contributed by atoms with Crippen LogP contribution in [0.1, 0.15) is 30.1 Å². The second-order valence-corrected chi connectivity index (χ2v) is 9.07. The van der Waals surface area contributed by atoms with Gasteiger partial charge in [-0.15, -0.1) is 0 Å². The summed E-state index contributed by atoms with van der Waals surface area (Å²) in [6, 6.07) is 14.3. The number of nitrogens with zero attached hydrogens (tertiary/aromatic N) is 1. The fourth-order valence-corrected chi connectivity index (χ4v) is 4.18. The lowest BCUT2D eigenvalue weighted by atomic mass is 10.2. The molecule has 29 heavy (non-hydrogen) atoms. The van der Waals surface area contributed by atoms with Gasteiger partial charge in [0.05, 0.1) is 16.1 Å². The fraction of sp³-hybridized carbons (Fsp3) is 0.333. The Balaban J connectivity index is 1.66. The molecule has 1 aliphatic rings. The number of esters is 1. The Morgan fingerprint density at radius 1 is 1.14 bits per heavy atom. The van der Waals surface area contributed by atoms with Crippen molar-refractivity contribution in [3.05, 3.63) is 60.2 Å². The Hall–Kier alpha value is -2.87. The number of hydrogen-bond acceptors (Lipinski definition) is 5. The lowest BCUT2D eigenvalue weighted by Gasteiger charge is -2.19. The molecule has 1 saturated carbocycles. The number of benzene rings is 2. The van der Waals surface area contributed by atoms with Crippen molar-refractivity contribution in [2.24, 2.45) is 5.92 Å². The Bertz CT molecular complexity index is 987. The summed E-state index contributed by atoms with van der Waals surface area (Å²) < 4.78 is 31.9. The Kier molecular flexibility index (Phi) is 6.22. The molecule has 0 bridgehead atoms. The van der Waals surface area contributed by atoms with Crippen LogP contribution in [0.3, 0.4) is 0 Å². The van der Waals surface area contributed by atoms with Crippen LogP contribution in [0.5, 0.6) is 0 Å². The van der Waals surface area contributed by atoms with E-state index in [-0.39, 0.29) is 22.4 Å². The predicted molar refractivity (Wildman–Crippen MR) is 109 cm³/mol. The molecule has 2 aromatic rings. The molecule has 1 N–H and O–H groups in total. The van der Waals surface area contributed by atoms with Crippen LogP contribution in [0.4, 0.5) is 5.69 Å². The Morgan fingerprint density at radius 3 is 2.48 bits per heavy atom. The van der Waals surface area contributed by atoms with Gasteiger partial charge in [-0.05, 0) is 56.0 Å². The summed E-state index contributed by atoms with van der Waals surface area (Å²) >= 11 is 0. The van der Waals surface area contributed by atoms with Gasteiger partial charge in [-0.25, -0.2) is 13.2 Å². The van der Waals surface area contributed by atoms with Crippen LogP contribution < -0.4 is 9.62 Å². The molecule has 3 rings (SSSR count). The van der Waals surface area contributed by atoms with Gasteiger partial charge in [-0.1, -0.05) is 24.3 Å². The Morgan fingerprint density at radius 2 is 1.83 bits per heavy atom. The fourth-order valence-electron chi connectivity index (χ4n) is 2.94. The molecule has 7 nitrogen and oxygen atoms in total. The van der Waals surface area contributed by atoms with Gasteiger partial charge in [-0.2, -0.15) is 0 Å². The summed E-state index contributed by atoms with van der Waals surface area (Å²) in [6.45, 7) is 1.52. The van der Waals surface area contributed by atoms with E-state index in [0.29, 0.717) is 11.6 Å². The van der Waals surface area contributed by atoms with Crippen LogP contribution in [0.25, 0.3) is 0 Å². The minimum atomic E-state index is -3.85. The highest BCUT2D eigenvalue weighted by Crippen LogP contribution is 2.32. The number of sulfonamides is 1. The first-order valence-corrected chi connectivity index (χ1v) is 10.8. The highest BCUT2D eigenvalue weighted by Gasteiger charge is 2.29. The third-order valence-electron chi connectivity index (χ3n) is 4.90. The van der Waals surface area contributed by atoms with Crippen LogP contribution in [0, 0.1) is 5.92 Å². The van der Waals surface area contributed by atoms with E-state index in [1.807, 2.05) is 6.92 Å². The number of nitrogens with one attached hydrogen (secondary N) is 1. The SMILES string of the molecule is C[C@H](NC(=O)COC(=O)c1cccc(S(=O)(=O)N(C)c2ccccc2)c1)C1CC1. The molecule has 0 aliphatic heterocycles. The Labute approximate surface area is 170 Å². The molecule has 0 saturated heterocycles. The molecule has 0 heterocycles. The van der Waals surface area contributed by atoms with Gasteiger partial charge >= 0.3 is 5.97 Å². The first-order chi connectivity index (χ1) is 13.8. The molecule has 0 radical (unpaired) electrons. The zero-order chi connectivity index (χ0) is 21.0. The molecule has 8 heteroatoms. The summed E-state index contributed by atoms with van der Waals surface area (Å²) in [6.07, 6.45) is 2.19. The minimum Gasteiger partial charge on any atom is -0.452 e. The second-order valence-electron chi connectivity index (χ2n) is 7.11. The number of hydrogen-bond donors (Lipinski definition) is 1. The third-order valence-corrected chi connectivity index (χ3v) is 6.68. The minimum absolute atomic E-state index is 0.0369. The summed E-state index contributed by atoms with van der Waals surface area (Å²) in [5.74, 6) is -0.623. The molecule has 0 spiro atoms. The average molecular weight is 416 g/mol. The molecular weight excluding hydrogens is 392 g/mol. The average Bonchev–Trinajstić information content (AvgIpc) is 3.57. The molecule has 1 aliphatic carbocycles. The van der Waals surface area contributed by atoms with E-state index in [1.165, 1.54) is 31.3 Å². The lowest BCUT2D eigenvalue weighted by molar-refractivity contribution is -0.124. The molecule has 0 aromatic heterocycles. The predicted octanol–water partition coefficient (Wildman–Crippen LogP) is 2.58. The molecule has 1 atom stereocenters. The molecule has 1 amide bonds. The highest BCUT2D eigenvalue weighted by atomic mass is 32.2. The number of amides is 1. The normalized spacial score (nSPS) is 14.7. The monoisotopic (exact) mass is 416 g/mol. The van der Waals surface area contributed by atoms with Gasteiger partial charge in [0, 0.05) is 13.1 Å². The van der Waals surface area contributed by atoms with Crippen LogP contribution in [-0.4, -0.2) is 40.0 Å². The van der Waals surface area contributed by atoms with Crippen molar-refractivity contribution in [3.63, 3.8) is 0 Å². The summed E-state index contributed by atoms with van der Waals surface area (Å²) in [5.41, 5.74) is 0.567. The maximum Gasteiger partial charge on any atom is 0.338 e. The number of carbonyl (C=O) groups excluding carboxylic acids is 2. The van der Waals surface area contributed by atoms with Crippen molar-refractivity contribution in [2.45, 2.75) is 30.7 Å². The van der Waals surface area contributed by atoms with Crippen LogP contribution in [-0.2, 0) is 19.6 Å². The molecule has 1 fully saturated rings.